The first-order valence-electron chi connectivity index (χ1n) is 9.90. The predicted octanol–water partition coefficient (Wildman–Crippen LogP) is 4.79. The molecule has 2 amide bonds. The number of carbonyl (C=O) groups is 1. The number of pyridine rings is 1. The molecule has 2 aromatic rings. The van der Waals surface area contributed by atoms with Crippen molar-refractivity contribution in [3.05, 3.63) is 59.9 Å². The molecule has 0 radical (unpaired) electrons. The standard InChI is InChI=1S/C22H25N3O.ClH/c26-22(24-13-5-7-16-6-1-2-9-21(16)24)25-18-10-11-19(25)15-17(14-18)20-8-3-4-12-23-20;/h1-4,6,8-9,12,17-19H,5,7,10-11,13-15H2;1H/t17?,18-,19+;. The Morgan fingerprint density at radius 3 is 2.48 bits per heavy atom. The Bertz CT molecular complexity index is 798. The van der Waals surface area contributed by atoms with Crippen molar-refractivity contribution in [1.82, 2.24) is 9.88 Å². The molecule has 1 unspecified atom stereocenters. The molecular weight excluding hydrogens is 358 g/mol. The third kappa shape index (κ3) is 3.20. The zero-order valence-electron chi connectivity index (χ0n) is 15.5. The van der Waals surface area contributed by atoms with Gasteiger partial charge in [0.25, 0.3) is 0 Å². The van der Waals surface area contributed by atoms with Crippen LogP contribution in [-0.2, 0) is 6.42 Å². The number of nitrogens with zero attached hydrogens (tertiary/aromatic N) is 3. The number of benzene rings is 1. The van der Waals surface area contributed by atoms with Crippen LogP contribution in [0.2, 0.25) is 0 Å². The van der Waals surface area contributed by atoms with Crippen molar-refractivity contribution in [2.24, 2.45) is 0 Å². The van der Waals surface area contributed by atoms with Crippen molar-refractivity contribution < 1.29 is 4.79 Å². The summed E-state index contributed by atoms with van der Waals surface area (Å²) in [4.78, 5) is 22.3. The highest BCUT2D eigenvalue weighted by Gasteiger charge is 2.45. The average Bonchev–Trinajstić information content (AvgIpc) is 2.97. The normalized spacial score (nSPS) is 26.3. The van der Waals surface area contributed by atoms with E-state index in [-0.39, 0.29) is 18.4 Å². The summed E-state index contributed by atoms with van der Waals surface area (Å²) in [6.07, 6.45) is 8.39. The van der Waals surface area contributed by atoms with Gasteiger partial charge < -0.3 is 4.90 Å². The van der Waals surface area contributed by atoms with Crippen LogP contribution in [0.1, 0.15) is 49.3 Å². The van der Waals surface area contributed by atoms with E-state index in [1.807, 2.05) is 23.2 Å². The van der Waals surface area contributed by atoms with Gasteiger partial charge in [0.2, 0.25) is 0 Å². The lowest BCUT2D eigenvalue weighted by molar-refractivity contribution is 0.142. The van der Waals surface area contributed by atoms with Gasteiger partial charge in [-0.1, -0.05) is 24.3 Å². The molecular formula is C22H26ClN3O. The number of para-hydroxylation sites is 1. The summed E-state index contributed by atoms with van der Waals surface area (Å²) in [5.74, 6) is 0.492. The molecule has 0 spiro atoms. The number of fused-ring (bicyclic) bond motifs is 3. The molecule has 5 rings (SSSR count). The van der Waals surface area contributed by atoms with E-state index in [0.29, 0.717) is 18.0 Å². The fraction of sp³-hybridized carbons (Fsp3) is 0.455. The summed E-state index contributed by atoms with van der Waals surface area (Å²) < 4.78 is 0. The van der Waals surface area contributed by atoms with Crippen molar-refractivity contribution in [3.8, 4) is 0 Å². The first kappa shape index (κ1) is 18.3. The van der Waals surface area contributed by atoms with E-state index in [1.165, 1.54) is 11.3 Å². The minimum atomic E-state index is 0. The highest BCUT2D eigenvalue weighted by Crippen LogP contribution is 2.43. The maximum absolute atomic E-state index is 13.5. The molecule has 27 heavy (non-hydrogen) atoms. The second kappa shape index (κ2) is 7.51. The average molecular weight is 384 g/mol. The van der Waals surface area contributed by atoms with Gasteiger partial charge in [-0.25, -0.2) is 4.79 Å². The van der Waals surface area contributed by atoms with Crippen LogP contribution >= 0.6 is 12.4 Å². The number of aromatic nitrogens is 1. The van der Waals surface area contributed by atoms with Gasteiger partial charge in [0.1, 0.15) is 0 Å². The van der Waals surface area contributed by atoms with Crippen molar-refractivity contribution in [2.45, 2.75) is 56.5 Å². The van der Waals surface area contributed by atoms with Crippen LogP contribution in [0, 0.1) is 0 Å². The van der Waals surface area contributed by atoms with Gasteiger partial charge in [-0.2, -0.15) is 0 Å². The second-order valence-electron chi connectivity index (χ2n) is 7.88. The van der Waals surface area contributed by atoms with Crippen LogP contribution in [0.25, 0.3) is 0 Å². The molecule has 4 nitrogen and oxygen atoms in total. The Balaban J connectivity index is 0.00000180. The quantitative estimate of drug-likeness (QED) is 0.710. The summed E-state index contributed by atoms with van der Waals surface area (Å²) in [6, 6.07) is 15.5. The third-order valence-corrected chi connectivity index (χ3v) is 6.40. The van der Waals surface area contributed by atoms with E-state index in [4.69, 9.17) is 0 Å². The van der Waals surface area contributed by atoms with Crippen molar-refractivity contribution >= 4 is 24.1 Å². The molecule has 2 bridgehead atoms. The zero-order chi connectivity index (χ0) is 17.5. The summed E-state index contributed by atoms with van der Waals surface area (Å²) in [7, 11) is 0. The molecule has 142 valence electrons. The summed E-state index contributed by atoms with van der Waals surface area (Å²) in [5.41, 5.74) is 3.62. The summed E-state index contributed by atoms with van der Waals surface area (Å²) in [5, 5.41) is 0. The molecule has 3 aliphatic rings. The lowest BCUT2D eigenvalue weighted by Crippen LogP contribution is -2.53. The van der Waals surface area contributed by atoms with E-state index in [2.05, 4.69) is 40.2 Å². The second-order valence-corrected chi connectivity index (χ2v) is 7.88. The van der Waals surface area contributed by atoms with Gasteiger partial charge in [-0.05, 0) is 62.3 Å². The lowest BCUT2D eigenvalue weighted by atomic mass is 9.88. The van der Waals surface area contributed by atoms with E-state index < -0.39 is 0 Å². The third-order valence-electron chi connectivity index (χ3n) is 6.40. The van der Waals surface area contributed by atoms with Crippen LogP contribution in [0.15, 0.2) is 48.7 Å². The molecule has 2 fully saturated rings. The fourth-order valence-corrected chi connectivity index (χ4v) is 5.22. The van der Waals surface area contributed by atoms with Crippen molar-refractivity contribution in [1.29, 1.82) is 0 Å². The highest BCUT2D eigenvalue weighted by molar-refractivity contribution is 5.94. The first-order valence-corrected chi connectivity index (χ1v) is 9.90. The smallest absolute Gasteiger partial charge is 0.318 e. The number of rotatable bonds is 1. The topological polar surface area (TPSA) is 36.4 Å². The highest BCUT2D eigenvalue weighted by atomic mass is 35.5. The molecule has 0 saturated carbocycles. The van der Waals surface area contributed by atoms with Crippen LogP contribution in [-0.4, -0.2) is 34.5 Å². The number of amides is 2. The maximum atomic E-state index is 13.5. The molecule has 2 saturated heterocycles. The molecule has 3 aliphatic heterocycles. The summed E-state index contributed by atoms with van der Waals surface area (Å²) >= 11 is 0. The molecule has 5 heteroatoms. The Labute approximate surface area is 167 Å². The lowest BCUT2D eigenvalue weighted by Gasteiger charge is -2.42. The molecule has 3 atom stereocenters. The van der Waals surface area contributed by atoms with E-state index in [0.717, 1.165) is 50.8 Å². The number of anilines is 1. The molecule has 1 aromatic carbocycles. The van der Waals surface area contributed by atoms with Crippen molar-refractivity contribution in [2.75, 3.05) is 11.4 Å². The zero-order valence-corrected chi connectivity index (χ0v) is 16.3. The van der Waals surface area contributed by atoms with Gasteiger partial charge in [0.15, 0.2) is 0 Å². The minimum Gasteiger partial charge on any atom is -0.318 e. The monoisotopic (exact) mass is 383 g/mol. The fourth-order valence-electron chi connectivity index (χ4n) is 5.22. The van der Waals surface area contributed by atoms with Gasteiger partial charge in [0.05, 0.1) is 0 Å². The van der Waals surface area contributed by atoms with E-state index in [9.17, 15) is 4.79 Å². The van der Waals surface area contributed by atoms with Gasteiger partial charge in [0, 0.05) is 42.1 Å². The number of aryl methyl sites for hydroxylation is 1. The number of piperidine rings is 1. The largest absolute Gasteiger partial charge is 0.324 e. The molecule has 0 aliphatic carbocycles. The number of urea groups is 1. The van der Waals surface area contributed by atoms with Gasteiger partial charge >= 0.3 is 6.03 Å². The first-order chi connectivity index (χ1) is 12.8. The number of halogens is 1. The SMILES string of the molecule is Cl.O=C(N1CCCc2ccccc21)N1[C@@H]2CC[C@H]1CC(c1ccccn1)C2. The Kier molecular flexibility index (Phi) is 5.09. The molecule has 1 aromatic heterocycles. The molecule has 4 heterocycles. The Morgan fingerprint density at radius 1 is 1.00 bits per heavy atom. The minimum absolute atomic E-state index is 0. The maximum Gasteiger partial charge on any atom is 0.324 e. The van der Waals surface area contributed by atoms with Crippen LogP contribution in [0.3, 0.4) is 0 Å². The van der Waals surface area contributed by atoms with E-state index >= 15 is 0 Å². The van der Waals surface area contributed by atoms with Crippen LogP contribution in [0.5, 0.6) is 0 Å². The summed E-state index contributed by atoms with van der Waals surface area (Å²) in [6.45, 7) is 0.843. The molecule has 0 N–H and O–H groups in total. The number of carbonyl (C=O) groups excluding carboxylic acids is 1. The van der Waals surface area contributed by atoms with E-state index in [1.54, 1.807) is 0 Å². The van der Waals surface area contributed by atoms with Gasteiger partial charge in [-0.15, -0.1) is 12.4 Å². The van der Waals surface area contributed by atoms with Crippen molar-refractivity contribution in [3.63, 3.8) is 0 Å². The Morgan fingerprint density at radius 2 is 1.74 bits per heavy atom. The predicted molar refractivity (Wildman–Crippen MR) is 110 cm³/mol. The number of hydrogen-bond donors (Lipinski definition) is 0. The van der Waals surface area contributed by atoms with Crippen LogP contribution in [0.4, 0.5) is 10.5 Å². The Hall–Kier alpha value is -2.07. The van der Waals surface area contributed by atoms with Gasteiger partial charge in [-0.3, -0.25) is 9.88 Å². The number of hydrogen-bond acceptors (Lipinski definition) is 2. The van der Waals surface area contributed by atoms with Crippen LogP contribution < -0.4 is 4.90 Å².